The molecule has 3 N–H and O–H groups in total. The summed E-state index contributed by atoms with van der Waals surface area (Å²) >= 11 is 0. The molecule has 0 heterocycles. The molecule has 0 atom stereocenters. The number of nitrogens with one attached hydrogen (secondary N) is 1. The summed E-state index contributed by atoms with van der Waals surface area (Å²) in [7, 11) is 1.67. The van der Waals surface area contributed by atoms with E-state index in [1.807, 2.05) is 6.07 Å². The molecule has 2 amide bonds. The Bertz CT molecular complexity index is 350. The number of benzene rings is 1. The molecule has 0 radical (unpaired) electrons. The van der Waals surface area contributed by atoms with Crippen molar-refractivity contribution in [3.05, 3.63) is 35.9 Å². The lowest BCUT2D eigenvalue weighted by molar-refractivity contribution is -0.120. The van der Waals surface area contributed by atoms with Crippen molar-refractivity contribution in [3.63, 3.8) is 0 Å². The van der Waals surface area contributed by atoms with Crippen LogP contribution in [-0.4, -0.2) is 18.9 Å². The summed E-state index contributed by atoms with van der Waals surface area (Å²) in [6.07, 6.45) is 4.05. The summed E-state index contributed by atoms with van der Waals surface area (Å²) in [5, 5.41) is 2.58. The molecule has 0 aromatic heterocycles. The fourth-order valence-electron chi connectivity index (χ4n) is 1.26. The zero-order valence-corrected chi connectivity index (χ0v) is 11.1. The first-order chi connectivity index (χ1) is 8.61. The molecule has 1 rings (SSSR count). The number of rotatable bonds is 5. The maximum Gasteiger partial charge on any atom is 0.248 e. The van der Waals surface area contributed by atoms with E-state index in [-0.39, 0.29) is 11.8 Å². The number of hydrogen-bond donors (Lipinski definition) is 2. The van der Waals surface area contributed by atoms with Crippen molar-refractivity contribution in [1.29, 1.82) is 0 Å². The van der Waals surface area contributed by atoms with Gasteiger partial charge >= 0.3 is 0 Å². The molecule has 0 unspecified atom stereocenters. The highest BCUT2D eigenvalue weighted by molar-refractivity contribution is 5.92. The average molecular weight is 250 g/mol. The van der Waals surface area contributed by atoms with E-state index >= 15 is 0 Å². The molecular formula is C14H22N2O2. The van der Waals surface area contributed by atoms with Crippen LogP contribution in [-0.2, 0) is 4.79 Å². The van der Waals surface area contributed by atoms with Crippen LogP contribution < -0.4 is 11.1 Å². The Morgan fingerprint density at radius 1 is 1.17 bits per heavy atom. The highest BCUT2D eigenvalue weighted by Gasteiger charge is 1.94. The molecule has 0 saturated heterocycles. The largest absolute Gasteiger partial charge is 0.366 e. The van der Waals surface area contributed by atoms with E-state index < -0.39 is 0 Å². The summed E-state index contributed by atoms with van der Waals surface area (Å²) in [6.45, 7) is 2.13. The Hall–Kier alpha value is -1.84. The lowest BCUT2D eigenvalue weighted by Crippen LogP contribution is -2.16. The maximum absolute atomic E-state index is 10.6. The van der Waals surface area contributed by atoms with Crippen LogP contribution in [0.5, 0.6) is 0 Å². The summed E-state index contributed by atoms with van der Waals surface area (Å²) in [5.41, 5.74) is 5.53. The van der Waals surface area contributed by atoms with Crippen molar-refractivity contribution in [2.45, 2.75) is 32.6 Å². The number of nitrogens with two attached hydrogens (primary N) is 1. The van der Waals surface area contributed by atoms with E-state index in [4.69, 9.17) is 5.73 Å². The molecule has 1 aromatic carbocycles. The molecule has 0 fully saturated rings. The predicted molar refractivity (Wildman–Crippen MR) is 73.2 cm³/mol. The van der Waals surface area contributed by atoms with Gasteiger partial charge in [0.15, 0.2) is 0 Å². The van der Waals surface area contributed by atoms with E-state index in [2.05, 4.69) is 12.2 Å². The average Bonchev–Trinajstić information content (AvgIpc) is 2.40. The van der Waals surface area contributed by atoms with E-state index in [0.717, 1.165) is 12.8 Å². The second kappa shape index (κ2) is 10.3. The SMILES string of the molecule is CCCCCC(=O)NC.NC(=O)c1ccccc1. The van der Waals surface area contributed by atoms with Gasteiger partial charge in [0, 0.05) is 19.0 Å². The highest BCUT2D eigenvalue weighted by atomic mass is 16.1. The van der Waals surface area contributed by atoms with Gasteiger partial charge in [-0.05, 0) is 18.6 Å². The first-order valence-corrected chi connectivity index (χ1v) is 6.17. The van der Waals surface area contributed by atoms with Crippen molar-refractivity contribution in [2.24, 2.45) is 5.73 Å². The fraction of sp³-hybridized carbons (Fsp3) is 0.429. The van der Waals surface area contributed by atoms with Crippen LogP contribution in [0.2, 0.25) is 0 Å². The smallest absolute Gasteiger partial charge is 0.248 e. The third-order valence-corrected chi connectivity index (χ3v) is 2.34. The molecule has 0 bridgehead atoms. The number of carbonyl (C=O) groups excluding carboxylic acids is 2. The second-order valence-electron chi connectivity index (χ2n) is 3.86. The molecule has 0 saturated carbocycles. The van der Waals surface area contributed by atoms with Gasteiger partial charge in [0.1, 0.15) is 0 Å². The molecular weight excluding hydrogens is 228 g/mol. The minimum absolute atomic E-state index is 0.156. The van der Waals surface area contributed by atoms with Gasteiger partial charge in [-0.2, -0.15) is 0 Å². The monoisotopic (exact) mass is 250 g/mol. The third kappa shape index (κ3) is 8.33. The number of hydrogen-bond acceptors (Lipinski definition) is 2. The molecule has 100 valence electrons. The Labute approximate surface area is 109 Å². The van der Waals surface area contributed by atoms with Crippen LogP contribution in [0.4, 0.5) is 0 Å². The third-order valence-electron chi connectivity index (χ3n) is 2.34. The van der Waals surface area contributed by atoms with Gasteiger partial charge in [-0.15, -0.1) is 0 Å². The van der Waals surface area contributed by atoms with Gasteiger partial charge in [-0.25, -0.2) is 0 Å². The molecule has 18 heavy (non-hydrogen) atoms. The fourth-order valence-corrected chi connectivity index (χ4v) is 1.26. The standard InChI is InChI=1S/C7H7NO.C7H15NO/c8-7(9)6-4-2-1-3-5-6;1-3-4-5-6-7(9)8-2/h1-5H,(H2,8,9);3-6H2,1-2H3,(H,8,9). The Morgan fingerprint density at radius 2 is 1.78 bits per heavy atom. The first kappa shape index (κ1) is 16.2. The number of carbonyl (C=O) groups is 2. The first-order valence-electron chi connectivity index (χ1n) is 6.17. The van der Waals surface area contributed by atoms with Gasteiger partial charge < -0.3 is 11.1 Å². The number of primary amides is 1. The van der Waals surface area contributed by atoms with E-state index in [9.17, 15) is 9.59 Å². The van der Waals surface area contributed by atoms with Crippen LogP contribution in [0.25, 0.3) is 0 Å². The normalized spacial score (nSPS) is 9.00. The Kier molecular flexibility index (Phi) is 9.27. The molecule has 0 aliphatic heterocycles. The quantitative estimate of drug-likeness (QED) is 0.785. The molecule has 4 nitrogen and oxygen atoms in total. The summed E-state index contributed by atoms with van der Waals surface area (Å²) in [6, 6.07) is 8.76. The van der Waals surface area contributed by atoms with Crippen molar-refractivity contribution in [1.82, 2.24) is 5.32 Å². The second-order valence-corrected chi connectivity index (χ2v) is 3.86. The number of amides is 2. The van der Waals surface area contributed by atoms with E-state index in [0.29, 0.717) is 12.0 Å². The van der Waals surface area contributed by atoms with Crippen molar-refractivity contribution < 1.29 is 9.59 Å². The van der Waals surface area contributed by atoms with E-state index in [1.54, 1.807) is 31.3 Å². The zero-order valence-electron chi connectivity index (χ0n) is 11.1. The van der Waals surface area contributed by atoms with Gasteiger partial charge in [0.2, 0.25) is 11.8 Å². The maximum atomic E-state index is 10.6. The Morgan fingerprint density at radius 3 is 2.17 bits per heavy atom. The highest BCUT2D eigenvalue weighted by Crippen LogP contribution is 1.97. The van der Waals surface area contributed by atoms with Gasteiger partial charge in [0.25, 0.3) is 0 Å². The van der Waals surface area contributed by atoms with Crippen LogP contribution in [0, 0.1) is 0 Å². The topological polar surface area (TPSA) is 72.2 Å². The van der Waals surface area contributed by atoms with Crippen LogP contribution >= 0.6 is 0 Å². The zero-order chi connectivity index (χ0) is 13.8. The van der Waals surface area contributed by atoms with Crippen LogP contribution in [0.15, 0.2) is 30.3 Å². The van der Waals surface area contributed by atoms with Crippen molar-refractivity contribution in [3.8, 4) is 0 Å². The molecule has 0 aliphatic carbocycles. The van der Waals surface area contributed by atoms with Crippen LogP contribution in [0.1, 0.15) is 43.0 Å². The van der Waals surface area contributed by atoms with Crippen molar-refractivity contribution >= 4 is 11.8 Å². The lowest BCUT2D eigenvalue weighted by Gasteiger charge is -1.96. The minimum Gasteiger partial charge on any atom is -0.366 e. The van der Waals surface area contributed by atoms with E-state index in [1.165, 1.54) is 6.42 Å². The molecule has 1 aromatic rings. The predicted octanol–water partition coefficient (Wildman–Crippen LogP) is 2.10. The summed E-state index contributed by atoms with van der Waals surface area (Å²) in [5.74, 6) is -0.223. The van der Waals surface area contributed by atoms with Gasteiger partial charge in [-0.1, -0.05) is 38.0 Å². The number of unbranched alkanes of at least 4 members (excludes halogenated alkanes) is 2. The lowest BCUT2D eigenvalue weighted by atomic mass is 10.2. The summed E-state index contributed by atoms with van der Waals surface area (Å²) < 4.78 is 0. The van der Waals surface area contributed by atoms with Gasteiger partial charge in [-0.3, -0.25) is 9.59 Å². The van der Waals surface area contributed by atoms with Crippen molar-refractivity contribution in [2.75, 3.05) is 7.05 Å². The molecule has 0 aliphatic rings. The Balaban J connectivity index is 0.000000321. The minimum atomic E-state index is -0.379. The summed E-state index contributed by atoms with van der Waals surface area (Å²) in [4.78, 5) is 21.0. The van der Waals surface area contributed by atoms with Gasteiger partial charge in [0.05, 0.1) is 0 Å². The molecule has 0 spiro atoms. The molecule has 4 heteroatoms. The van der Waals surface area contributed by atoms with Crippen LogP contribution in [0.3, 0.4) is 0 Å².